The third-order valence-electron chi connectivity index (χ3n) is 1.91. The smallest absolute Gasteiger partial charge is 0.135 e. The molecule has 1 aromatic rings. The fourth-order valence-corrected chi connectivity index (χ4v) is 1.16. The van der Waals surface area contributed by atoms with Gasteiger partial charge in [0.1, 0.15) is 5.78 Å². The maximum atomic E-state index is 11.7. The number of rotatable bonds is 5. The molecule has 0 atom stereocenters. The van der Waals surface area contributed by atoms with Gasteiger partial charge in [-0.2, -0.15) is 0 Å². The molecule has 0 amide bonds. The van der Waals surface area contributed by atoms with Crippen molar-refractivity contribution in [3.8, 4) is 0 Å². The highest BCUT2D eigenvalue weighted by molar-refractivity contribution is 5.78. The number of alkyl halides is 1. The van der Waals surface area contributed by atoms with Crippen LogP contribution in [0.3, 0.4) is 0 Å². The Kier molecular flexibility index (Phi) is 4.16. The summed E-state index contributed by atoms with van der Waals surface area (Å²) >= 11 is 0. The van der Waals surface area contributed by atoms with Gasteiger partial charge in [0.15, 0.2) is 0 Å². The van der Waals surface area contributed by atoms with E-state index in [4.69, 9.17) is 0 Å². The van der Waals surface area contributed by atoms with Crippen molar-refractivity contribution >= 4 is 5.78 Å². The average Bonchev–Trinajstić information content (AvgIpc) is 2.17. The van der Waals surface area contributed by atoms with E-state index in [1.54, 1.807) is 0 Å². The monoisotopic (exact) mass is 180 g/mol. The molecule has 0 aliphatic rings. The second-order valence-electron chi connectivity index (χ2n) is 2.96. The molecule has 1 rings (SSSR count). The summed E-state index contributed by atoms with van der Waals surface area (Å²) in [6, 6.07) is 9.77. The van der Waals surface area contributed by atoms with Gasteiger partial charge in [-0.25, -0.2) is 0 Å². The van der Waals surface area contributed by atoms with Crippen LogP contribution in [-0.2, 0) is 11.2 Å². The molecule has 70 valence electrons. The minimum Gasteiger partial charge on any atom is -0.300 e. The lowest BCUT2D eigenvalue weighted by molar-refractivity contribution is -0.119. The maximum Gasteiger partial charge on any atom is 0.135 e. The Hall–Kier alpha value is -1.18. The Morgan fingerprint density at radius 2 is 1.85 bits per heavy atom. The zero-order valence-corrected chi connectivity index (χ0v) is 7.50. The summed E-state index contributed by atoms with van der Waals surface area (Å²) in [7, 11) is 0. The van der Waals surface area contributed by atoms with E-state index in [2.05, 4.69) is 0 Å². The number of halogens is 1. The van der Waals surface area contributed by atoms with Crippen molar-refractivity contribution in [2.45, 2.75) is 19.3 Å². The molecule has 0 aliphatic carbocycles. The van der Waals surface area contributed by atoms with Crippen molar-refractivity contribution in [1.29, 1.82) is 0 Å². The number of hydrogen-bond acceptors (Lipinski definition) is 1. The van der Waals surface area contributed by atoms with Crippen LogP contribution < -0.4 is 0 Å². The highest BCUT2D eigenvalue weighted by Gasteiger charge is 2.01. The normalized spacial score (nSPS) is 9.92. The van der Waals surface area contributed by atoms with Gasteiger partial charge in [-0.15, -0.1) is 0 Å². The number of carbonyl (C=O) groups excluding carboxylic acids is 1. The van der Waals surface area contributed by atoms with Gasteiger partial charge >= 0.3 is 0 Å². The highest BCUT2D eigenvalue weighted by atomic mass is 19.1. The summed E-state index contributed by atoms with van der Waals surface area (Å²) in [5.41, 5.74) is 1.13. The van der Waals surface area contributed by atoms with Gasteiger partial charge < -0.3 is 0 Å². The molecule has 0 radical (unpaired) electrons. The van der Waals surface area contributed by atoms with Crippen LogP contribution in [0.5, 0.6) is 0 Å². The first-order chi connectivity index (χ1) is 6.33. The van der Waals surface area contributed by atoms with Gasteiger partial charge in [-0.1, -0.05) is 30.3 Å². The number of hydrogen-bond donors (Lipinski definition) is 0. The molecule has 2 heteroatoms. The Bertz CT molecular complexity index is 256. The zero-order valence-electron chi connectivity index (χ0n) is 7.50. The zero-order chi connectivity index (χ0) is 9.52. The predicted molar refractivity (Wildman–Crippen MR) is 50.4 cm³/mol. The molecular formula is C11H13FO. The summed E-state index contributed by atoms with van der Waals surface area (Å²) in [5, 5.41) is 0. The molecule has 0 N–H and O–H groups in total. The molecule has 0 bridgehead atoms. The lowest BCUT2D eigenvalue weighted by atomic mass is 10.1. The molecule has 0 aromatic heterocycles. The Morgan fingerprint density at radius 3 is 2.46 bits per heavy atom. The third-order valence-corrected chi connectivity index (χ3v) is 1.91. The van der Waals surface area contributed by atoms with Crippen LogP contribution in [0.2, 0.25) is 0 Å². The first kappa shape index (κ1) is 9.90. The fourth-order valence-electron chi connectivity index (χ4n) is 1.16. The van der Waals surface area contributed by atoms with Crippen LogP contribution in [0.4, 0.5) is 4.39 Å². The van der Waals surface area contributed by atoms with Crippen molar-refractivity contribution < 1.29 is 9.18 Å². The van der Waals surface area contributed by atoms with E-state index in [9.17, 15) is 9.18 Å². The molecule has 0 spiro atoms. The van der Waals surface area contributed by atoms with Gasteiger partial charge in [-0.3, -0.25) is 9.18 Å². The van der Waals surface area contributed by atoms with E-state index in [-0.39, 0.29) is 12.2 Å². The van der Waals surface area contributed by atoms with E-state index in [0.717, 1.165) is 12.0 Å². The first-order valence-electron chi connectivity index (χ1n) is 4.44. The number of ketones is 1. The summed E-state index contributed by atoms with van der Waals surface area (Å²) in [5.74, 6) is 0.00588. The quantitative estimate of drug-likeness (QED) is 0.680. The van der Waals surface area contributed by atoms with Crippen LogP contribution >= 0.6 is 0 Å². The molecule has 0 saturated heterocycles. The SMILES string of the molecule is O=C(CCF)CCc1ccccc1. The molecular weight excluding hydrogens is 167 g/mol. The topological polar surface area (TPSA) is 17.1 Å². The largest absolute Gasteiger partial charge is 0.300 e. The van der Waals surface area contributed by atoms with Crippen molar-refractivity contribution in [3.05, 3.63) is 35.9 Å². The lowest BCUT2D eigenvalue weighted by Crippen LogP contribution is -2.00. The van der Waals surface area contributed by atoms with Crippen molar-refractivity contribution in [3.63, 3.8) is 0 Å². The summed E-state index contributed by atoms with van der Waals surface area (Å²) in [4.78, 5) is 11.0. The number of Topliss-reactive ketones (excluding diaryl/α,β-unsaturated/α-hetero) is 1. The van der Waals surface area contributed by atoms with Gasteiger partial charge in [0.25, 0.3) is 0 Å². The van der Waals surface area contributed by atoms with Crippen LogP contribution in [0, 0.1) is 0 Å². The van der Waals surface area contributed by atoms with Crippen LogP contribution in [0.15, 0.2) is 30.3 Å². The van der Waals surface area contributed by atoms with Gasteiger partial charge in [0.05, 0.1) is 6.67 Å². The number of benzene rings is 1. The Morgan fingerprint density at radius 1 is 1.15 bits per heavy atom. The van der Waals surface area contributed by atoms with Crippen LogP contribution in [-0.4, -0.2) is 12.5 Å². The first-order valence-corrected chi connectivity index (χ1v) is 4.44. The number of aryl methyl sites for hydroxylation is 1. The molecule has 0 saturated carbocycles. The Balaban J connectivity index is 2.31. The molecule has 0 unspecified atom stereocenters. The van der Waals surface area contributed by atoms with E-state index in [0.29, 0.717) is 6.42 Å². The fraction of sp³-hybridized carbons (Fsp3) is 0.364. The van der Waals surface area contributed by atoms with E-state index in [1.165, 1.54) is 0 Å². The van der Waals surface area contributed by atoms with E-state index >= 15 is 0 Å². The van der Waals surface area contributed by atoms with Crippen molar-refractivity contribution in [1.82, 2.24) is 0 Å². The predicted octanol–water partition coefficient (Wildman–Crippen LogP) is 2.55. The van der Waals surface area contributed by atoms with Crippen LogP contribution in [0.1, 0.15) is 18.4 Å². The highest BCUT2D eigenvalue weighted by Crippen LogP contribution is 2.03. The molecule has 1 nitrogen and oxygen atoms in total. The van der Waals surface area contributed by atoms with Crippen molar-refractivity contribution in [2.75, 3.05) is 6.67 Å². The van der Waals surface area contributed by atoms with E-state index < -0.39 is 6.67 Å². The van der Waals surface area contributed by atoms with Crippen LogP contribution in [0.25, 0.3) is 0 Å². The van der Waals surface area contributed by atoms with Gasteiger partial charge in [-0.05, 0) is 12.0 Å². The molecule has 13 heavy (non-hydrogen) atoms. The van der Waals surface area contributed by atoms with Gasteiger partial charge in [0.2, 0.25) is 0 Å². The third kappa shape index (κ3) is 3.83. The van der Waals surface area contributed by atoms with E-state index in [1.807, 2.05) is 30.3 Å². The maximum absolute atomic E-state index is 11.7. The second-order valence-corrected chi connectivity index (χ2v) is 2.96. The molecule has 0 aliphatic heterocycles. The molecule has 0 heterocycles. The summed E-state index contributed by atoms with van der Waals surface area (Å²) < 4.78 is 11.7. The van der Waals surface area contributed by atoms with Gasteiger partial charge in [0, 0.05) is 12.8 Å². The van der Waals surface area contributed by atoms with Crippen molar-refractivity contribution in [2.24, 2.45) is 0 Å². The molecule has 0 fully saturated rings. The minimum absolute atomic E-state index is 0.00588. The number of carbonyl (C=O) groups is 1. The Labute approximate surface area is 77.6 Å². The summed E-state index contributed by atoms with van der Waals surface area (Å²) in [6.07, 6.45) is 1.24. The average molecular weight is 180 g/mol. The molecule has 1 aromatic carbocycles. The second kappa shape index (κ2) is 5.46. The lowest BCUT2D eigenvalue weighted by Gasteiger charge is -1.98. The summed E-state index contributed by atoms with van der Waals surface area (Å²) in [6.45, 7) is -0.534. The minimum atomic E-state index is -0.534. The standard InChI is InChI=1S/C11H13FO/c12-9-8-11(13)7-6-10-4-2-1-3-5-10/h1-5H,6-9H2.